The van der Waals surface area contributed by atoms with E-state index in [0.717, 1.165) is 0 Å². The number of aromatic nitrogens is 2. The van der Waals surface area contributed by atoms with Gasteiger partial charge in [-0.15, -0.1) is 0 Å². The van der Waals surface area contributed by atoms with Crippen LogP contribution in [0.1, 0.15) is 17.4 Å². The van der Waals surface area contributed by atoms with Gasteiger partial charge in [-0.2, -0.15) is 5.10 Å². The van der Waals surface area contributed by atoms with Crippen LogP contribution in [0.4, 0.5) is 5.69 Å². The number of nitrogens with zero attached hydrogens (tertiary/aromatic N) is 1. The lowest BCUT2D eigenvalue weighted by molar-refractivity contribution is -0.123. The molecule has 0 radical (unpaired) electrons. The van der Waals surface area contributed by atoms with Crippen LogP contribution in [0.5, 0.6) is 0 Å². The predicted octanol–water partition coefficient (Wildman–Crippen LogP) is 2.76. The van der Waals surface area contributed by atoms with E-state index in [1.54, 1.807) is 48.5 Å². The average molecular weight is 372 g/mol. The summed E-state index contributed by atoms with van der Waals surface area (Å²) >= 11 is 5.87. The molecule has 0 saturated heterocycles. The standard InChI is InChI=1S/C18H14ClN3O4/c1-10(16(23)20-12-6-4-5-11(19)9-12)26-18(25)15-13-7-2-3-8-14(13)17(24)22-21-15/h2-10H,1H3,(H,20,23)(H,22,24)/t10-/m1/s1. The molecule has 0 saturated carbocycles. The first-order valence-electron chi connectivity index (χ1n) is 7.70. The molecule has 1 atom stereocenters. The molecular formula is C18H14ClN3O4. The first-order valence-corrected chi connectivity index (χ1v) is 8.08. The first-order chi connectivity index (χ1) is 12.5. The molecule has 8 heteroatoms. The Balaban J connectivity index is 1.76. The predicted molar refractivity (Wildman–Crippen MR) is 97.3 cm³/mol. The van der Waals surface area contributed by atoms with Crippen LogP contribution in [0.25, 0.3) is 10.8 Å². The lowest BCUT2D eigenvalue weighted by Gasteiger charge is -2.14. The molecule has 132 valence electrons. The van der Waals surface area contributed by atoms with E-state index >= 15 is 0 Å². The zero-order valence-corrected chi connectivity index (χ0v) is 14.4. The second-order valence-electron chi connectivity index (χ2n) is 5.49. The highest BCUT2D eigenvalue weighted by Gasteiger charge is 2.22. The lowest BCUT2D eigenvalue weighted by Crippen LogP contribution is -2.30. The molecule has 2 N–H and O–H groups in total. The normalized spacial score (nSPS) is 11.8. The Morgan fingerprint density at radius 2 is 1.88 bits per heavy atom. The van der Waals surface area contributed by atoms with Crippen molar-refractivity contribution in [3.63, 3.8) is 0 Å². The smallest absolute Gasteiger partial charge is 0.360 e. The second kappa shape index (κ2) is 7.37. The molecule has 0 unspecified atom stereocenters. The van der Waals surface area contributed by atoms with Crippen molar-refractivity contribution in [2.45, 2.75) is 13.0 Å². The number of halogens is 1. The summed E-state index contributed by atoms with van der Waals surface area (Å²) in [5.74, 6) is -1.33. The van der Waals surface area contributed by atoms with Gasteiger partial charge in [0, 0.05) is 16.1 Å². The Labute approximate surface area is 152 Å². The van der Waals surface area contributed by atoms with Crippen LogP contribution in [-0.4, -0.2) is 28.2 Å². The summed E-state index contributed by atoms with van der Waals surface area (Å²) < 4.78 is 5.18. The maximum absolute atomic E-state index is 12.4. The molecule has 0 aliphatic heterocycles. The van der Waals surface area contributed by atoms with Crippen molar-refractivity contribution in [2.24, 2.45) is 0 Å². The average Bonchev–Trinajstić information content (AvgIpc) is 2.62. The number of rotatable bonds is 4. The van der Waals surface area contributed by atoms with Gasteiger partial charge in [-0.05, 0) is 31.2 Å². The van der Waals surface area contributed by atoms with Crippen LogP contribution in [0.3, 0.4) is 0 Å². The van der Waals surface area contributed by atoms with Crippen LogP contribution < -0.4 is 10.9 Å². The molecule has 1 aromatic heterocycles. The minimum absolute atomic E-state index is 0.0670. The van der Waals surface area contributed by atoms with E-state index in [-0.39, 0.29) is 5.69 Å². The summed E-state index contributed by atoms with van der Waals surface area (Å²) in [6.07, 6.45) is -1.08. The van der Waals surface area contributed by atoms with Gasteiger partial charge in [-0.1, -0.05) is 35.9 Å². The third-order valence-corrected chi connectivity index (χ3v) is 3.87. The van der Waals surface area contributed by atoms with Crippen molar-refractivity contribution in [3.8, 4) is 0 Å². The summed E-state index contributed by atoms with van der Waals surface area (Å²) in [7, 11) is 0. The molecule has 3 rings (SSSR count). The van der Waals surface area contributed by atoms with Crippen LogP contribution >= 0.6 is 11.6 Å². The van der Waals surface area contributed by atoms with Gasteiger partial charge in [0.05, 0.1) is 5.39 Å². The monoisotopic (exact) mass is 371 g/mol. The van der Waals surface area contributed by atoms with Gasteiger partial charge >= 0.3 is 5.97 Å². The highest BCUT2D eigenvalue weighted by atomic mass is 35.5. The van der Waals surface area contributed by atoms with Gasteiger partial charge in [0.2, 0.25) is 0 Å². The maximum atomic E-state index is 12.4. The SMILES string of the molecule is C[C@@H](OC(=O)c1n[nH]c(=O)c2ccccc12)C(=O)Nc1cccc(Cl)c1. The Hall–Kier alpha value is -3.19. The summed E-state index contributed by atoms with van der Waals surface area (Å²) in [5.41, 5.74) is 0.00418. The van der Waals surface area contributed by atoms with Crippen LogP contribution in [0.2, 0.25) is 5.02 Å². The molecule has 0 aliphatic rings. The Morgan fingerprint density at radius 1 is 1.15 bits per heavy atom. The molecule has 0 aliphatic carbocycles. The van der Waals surface area contributed by atoms with E-state index in [4.69, 9.17) is 16.3 Å². The summed E-state index contributed by atoms with van der Waals surface area (Å²) in [6.45, 7) is 1.44. The summed E-state index contributed by atoms with van der Waals surface area (Å²) in [6, 6.07) is 13.1. The molecule has 26 heavy (non-hydrogen) atoms. The number of carbonyl (C=O) groups excluding carboxylic acids is 2. The fourth-order valence-corrected chi connectivity index (χ4v) is 2.54. The van der Waals surface area contributed by atoms with E-state index in [9.17, 15) is 14.4 Å². The molecule has 0 bridgehead atoms. The molecule has 0 spiro atoms. The first kappa shape index (κ1) is 17.6. The third-order valence-electron chi connectivity index (χ3n) is 3.63. The fraction of sp³-hybridized carbons (Fsp3) is 0.111. The summed E-state index contributed by atoms with van der Waals surface area (Å²) in [5, 5.41) is 9.74. The highest BCUT2D eigenvalue weighted by Crippen LogP contribution is 2.17. The number of benzene rings is 2. The third kappa shape index (κ3) is 3.73. The molecule has 1 heterocycles. The lowest BCUT2D eigenvalue weighted by atomic mass is 10.1. The number of ether oxygens (including phenoxy) is 1. The molecule has 0 fully saturated rings. The number of fused-ring (bicyclic) bond motifs is 1. The van der Waals surface area contributed by atoms with Gasteiger partial charge in [0.15, 0.2) is 11.8 Å². The highest BCUT2D eigenvalue weighted by molar-refractivity contribution is 6.30. The number of esters is 1. The topological polar surface area (TPSA) is 101 Å². The van der Waals surface area contributed by atoms with Gasteiger partial charge in [0.1, 0.15) is 0 Å². The Kier molecular flexibility index (Phi) is 4.99. The Bertz CT molecular complexity index is 1050. The number of carbonyl (C=O) groups is 2. The fourth-order valence-electron chi connectivity index (χ4n) is 2.35. The zero-order chi connectivity index (χ0) is 18.7. The molecule has 2 aromatic carbocycles. The molecule has 7 nitrogen and oxygen atoms in total. The van der Waals surface area contributed by atoms with Gasteiger partial charge in [-0.25, -0.2) is 9.89 Å². The van der Waals surface area contributed by atoms with Crippen LogP contribution in [0, 0.1) is 0 Å². The van der Waals surface area contributed by atoms with Crippen molar-refractivity contribution < 1.29 is 14.3 Å². The quantitative estimate of drug-likeness (QED) is 0.687. The number of anilines is 1. The van der Waals surface area contributed by atoms with E-state index in [1.807, 2.05) is 0 Å². The number of hydrogen-bond donors (Lipinski definition) is 2. The van der Waals surface area contributed by atoms with Gasteiger partial charge in [-0.3, -0.25) is 9.59 Å². The van der Waals surface area contributed by atoms with Crippen LogP contribution in [-0.2, 0) is 9.53 Å². The minimum Gasteiger partial charge on any atom is -0.448 e. The summed E-state index contributed by atoms with van der Waals surface area (Å²) in [4.78, 5) is 36.4. The minimum atomic E-state index is -1.08. The number of H-pyrrole nitrogens is 1. The molecule has 3 aromatic rings. The van der Waals surface area contributed by atoms with Gasteiger partial charge < -0.3 is 10.1 Å². The van der Waals surface area contributed by atoms with Crippen molar-refractivity contribution in [1.29, 1.82) is 0 Å². The molecular weight excluding hydrogens is 358 g/mol. The van der Waals surface area contributed by atoms with E-state index in [1.165, 1.54) is 6.92 Å². The number of amides is 1. The maximum Gasteiger partial charge on any atom is 0.360 e. The number of nitrogens with one attached hydrogen (secondary N) is 2. The second-order valence-corrected chi connectivity index (χ2v) is 5.93. The largest absolute Gasteiger partial charge is 0.448 e. The number of hydrogen-bond acceptors (Lipinski definition) is 5. The van der Waals surface area contributed by atoms with Crippen molar-refractivity contribution in [1.82, 2.24) is 10.2 Å². The van der Waals surface area contributed by atoms with E-state index in [2.05, 4.69) is 15.5 Å². The van der Waals surface area contributed by atoms with E-state index in [0.29, 0.717) is 21.5 Å². The van der Waals surface area contributed by atoms with Crippen molar-refractivity contribution in [2.75, 3.05) is 5.32 Å². The van der Waals surface area contributed by atoms with Crippen molar-refractivity contribution >= 4 is 39.9 Å². The zero-order valence-electron chi connectivity index (χ0n) is 13.7. The van der Waals surface area contributed by atoms with Crippen molar-refractivity contribution in [3.05, 3.63) is 69.6 Å². The van der Waals surface area contributed by atoms with Crippen LogP contribution in [0.15, 0.2) is 53.3 Å². The molecule has 1 amide bonds. The van der Waals surface area contributed by atoms with E-state index < -0.39 is 23.5 Å². The van der Waals surface area contributed by atoms with Gasteiger partial charge in [0.25, 0.3) is 11.5 Å². The Morgan fingerprint density at radius 3 is 2.62 bits per heavy atom. The number of aromatic amines is 1.